The quantitative estimate of drug-likeness (QED) is 0.302. The fraction of sp³-hybridized carbons (Fsp3) is 0.500. The number of amides is 2. The number of oxime groups is 1. The molecule has 2 aliphatic rings. The Balaban J connectivity index is 2.01. The zero-order chi connectivity index (χ0) is 27.4. The standard InChI is InChI=1S/C24H29N3O10/c1-11-7-8-17-16(9-11)19(23(32)27(17)6)26-37-24-20(25-12(2)28)22(35-15(5)31)21(34-14(4)30)18(36-24)10-33-13(3)29/h7-9,18,20-22,24H,10H2,1-6H3,(H,25,28)/b26-19-/t18-,20+,21+,22+,24+/m1/s1. The Morgan fingerprint density at radius 2 is 1.68 bits per heavy atom. The fourth-order valence-corrected chi connectivity index (χ4v) is 4.09. The molecule has 1 N–H and O–H groups in total. The first-order valence-corrected chi connectivity index (χ1v) is 11.4. The third kappa shape index (κ3) is 6.42. The van der Waals surface area contributed by atoms with Crippen molar-refractivity contribution in [1.82, 2.24) is 5.32 Å². The Labute approximate surface area is 213 Å². The minimum atomic E-state index is -1.43. The molecule has 0 unspecified atom stereocenters. The van der Waals surface area contributed by atoms with E-state index in [0.717, 1.165) is 19.4 Å². The average Bonchev–Trinajstić information content (AvgIpc) is 3.02. The summed E-state index contributed by atoms with van der Waals surface area (Å²) in [4.78, 5) is 67.2. The van der Waals surface area contributed by atoms with E-state index in [1.807, 2.05) is 13.0 Å². The van der Waals surface area contributed by atoms with Gasteiger partial charge in [-0.05, 0) is 19.1 Å². The lowest BCUT2D eigenvalue weighted by atomic mass is 9.96. The Morgan fingerprint density at radius 1 is 1.03 bits per heavy atom. The Kier molecular flexibility index (Phi) is 8.48. The number of nitrogens with one attached hydrogen (secondary N) is 1. The molecule has 2 heterocycles. The summed E-state index contributed by atoms with van der Waals surface area (Å²) in [6.45, 7) is 6.13. The van der Waals surface area contributed by atoms with Crippen LogP contribution < -0.4 is 10.2 Å². The molecule has 13 heteroatoms. The van der Waals surface area contributed by atoms with E-state index in [-0.39, 0.29) is 5.71 Å². The van der Waals surface area contributed by atoms with Crippen LogP contribution in [0.15, 0.2) is 23.4 Å². The number of likely N-dealkylation sites (N-methyl/N-ethyl adjacent to an activating group) is 1. The van der Waals surface area contributed by atoms with Crippen molar-refractivity contribution in [3.05, 3.63) is 29.3 Å². The van der Waals surface area contributed by atoms with Gasteiger partial charge in [0, 0.05) is 40.3 Å². The van der Waals surface area contributed by atoms with Crippen LogP contribution in [0.5, 0.6) is 0 Å². The molecule has 2 amide bonds. The molecule has 0 radical (unpaired) electrons. The molecule has 2 aliphatic heterocycles. The van der Waals surface area contributed by atoms with Gasteiger partial charge in [0.15, 0.2) is 17.9 Å². The maximum absolute atomic E-state index is 12.9. The SMILES string of the molecule is CC(=O)N[C@@H]1[C@H](O/N=C2\C(=O)N(C)c3ccc(C)cc32)O[C@H](COC(C)=O)[C@H](OC(C)=O)[C@H]1OC(C)=O. The molecule has 37 heavy (non-hydrogen) atoms. The van der Waals surface area contributed by atoms with Gasteiger partial charge in [0.2, 0.25) is 5.91 Å². The molecule has 3 rings (SSSR count). The Morgan fingerprint density at radius 3 is 2.27 bits per heavy atom. The van der Waals surface area contributed by atoms with E-state index in [9.17, 15) is 24.0 Å². The first-order valence-electron chi connectivity index (χ1n) is 11.4. The molecule has 1 fully saturated rings. The van der Waals surface area contributed by atoms with Gasteiger partial charge in [-0.1, -0.05) is 16.8 Å². The van der Waals surface area contributed by atoms with Crippen LogP contribution in [0.3, 0.4) is 0 Å². The van der Waals surface area contributed by atoms with Gasteiger partial charge in [-0.3, -0.25) is 24.0 Å². The number of anilines is 1. The highest BCUT2D eigenvalue weighted by molar-refractivity contribution is 6.54. The van der Waals surface area contributed by atoms with Gasteiger partial charge < -0.3 is 34.0 Å². The van der Waals surface area contributed by atoms with E-state index in [2.05, 4.69) is 10.5 Å². The number of benzene rings is 1. The number of rotatable bonds is 7. The van der Waals surface area contributed by atoms with Gasteiger partial charge in [0.05, 0.1) is 5.69 Å². The molecule has 0 saturated carbocycles. The summed E-state index contributed by atoms with van der Waals surface area (Å²) in [5.41, 5.74) is 2.04. The zero-order valence-corrected chi connectivity index (χ0v) is 21.3. The number of aryl methyl sites for hydroxylation is 1. The number of hydrogen-bond acceptors (Lipinski definition) is 11. The molecule has 1 aromatic carbocycles. The topological polar surface area (TPSA) is 159 Å². The number of ether oxygens (including phenoxy) is 4. The molecular formula is C24H29N3O10. The van der Waals surface area contributed by atoms with Crippen LogP contribution in [0.25, 0.3) is 0 Å². The summed E-state index contributed by atoms with van der Waals surface area (Å²) in [5, 5.41) is 6.61. The van der Waals surface area contributed by atoms with Gasteiger partial charge in [-0.2, -0.15) is 0 Å². The van der Waals surface area contributed by atoms with Crippen molar-refractivity contribution in [3.8, 4) is 0 Å². The first-order chi connectivity index (χ1) is 17.4. The fourth-order valence-electron chi connectivity index (χ4n) is 4.09. The van der Waals surface area contributed by atoms with E-state index in [1.54, 1.807) is 19.2 Å². The second-order valence-corrected chi connectivity index (χ2v) is 8.65. The number of esters is 3. The number of carbonyl (C=O) groups excluding carboxylic acids is 5. The largest absolute Gasteiger partial charge is 0.463 e. The maximum atomic E-state index is 12.9. The van der Waals surface area contributed by atoms with E-state index in [4.69, 9.17) is 23.8 Å². The summed E-state index contributed by atoms with van der Waals surface area (Å²) in [6, 6.07) is 4.18. The van der Waals surface area contributed by atoms with Crippen LogP contribution in [0.1, 0.15) is 38.8 Å². The van der Waals surface area contributed by atoms with Gasteiger partial charge >= 0.3 is 17.9 Å². The molecule has 0 aromatic heterocycles. The smallest absolute Gasteiger partial charge is 0.303 e. The van der Waals surface area contributed by atoms with Gasteiger partial charge in [0.25, 0.3) is 12.2 Å². The van der Waals surface area contributed by atoms with Crippen LogP contribution in [0, 0.1) is 6.92 Å². The Hall–Kier alpha value is -4.00. The molecule has 0 spiro atoms. The van der Waals surface area contributed by atoms with Crippen LogP contribution >= 0.6 is 0 Å². The molecular weight excluding hydrogens is 490 g/mol. The maximum Gasteiger partial charge on any atom is 0.303 e. The summed E-state index contributed by atoms with van der Waals surface area (Å²) in [5.74, 6) is -3.08. The molecule has 0 aliphatic carbocycles. The highest BCUT2D eigenvalue weighted by atomic mass is 16.8. The van der Waals surface area contributed by atoms with E-state index >= 15 is 0 Å². The monoisotopic (exact) mass is 519 g/mol. The number of nitrogens with zero attached hydrogens (tertiary/aromatic N) is 2. The van der Waals surface area contributed by atoms with Crippen LogP contribution in [0.4, 0.5) is 5.69 Å². The summed E-state index contributed by atoms with van der Waals surface area (Å²) < 4.78 is 21.7. The molecule has 200 valence electrons. The first kappa shape index (κ1) is 27.6. The van der Waals surface area contributed by atoms with Crippen molar-refractivity contribution in [1.29, 1.82) is 0 Å². The molecule has 5 atom stereocenters. The van der Waals surface area contributed by atoms with Crippen LogP contribution in [-0.4, -0.2) is 79.7 Å². The van der Waals surface area contributed by atoms with Gasteiger partial charge in [0.1, 0.15) is 18.8 Å². The predicted molar refractivity (Wildman–Crippen MR) is 126 cm³/mol. The third-order valence-corrected chi connectivity index (χ3v) is 5.59. The molecule has 1 aromatic rings. The lowest BCUT2D eigenvalue weighted by Gasteiger charge is -2.43. The van der Waals surface area contributed by atoms with Crippen molar-refractivity contribution < 1.29 is 47.8 Å². The third-order valence-electron chi connectivity index (χ3n) is 5.59. The van der Waals surface area contributed by atoms with Crippen LogP contribution in [-0.2, 0) is 47.8 Å². The average molecular weight is 520 g/mol. The highest BCUT2D eigenvalue weighted by Gasteiger charge is 2.52. The van der Waals surface area contributed by atoms with Gasteiger partial charge in [-0.25, -0.2) is 0 Å². The van der Waals surface area contributed by atoms with Crippen molar-refractivity contribution in [3.63, 3.8) is 0 Å². The molecule has 1 saturated heterocycles. The predicted octanol–water partition coefficient (Wildman–Crippen LogP) is 0.348. The lowest BCUT2D eigenvalue weighted by Crippen LogP contribution is -2.66. The summed E-state index contributed by atoms with van der Waals surface area (Å²) in [7, 11) is 1.59. The second kappa shape index (κ2) is 11.4. The number of carbonyl (C=O) groups is 5. The van der Waals surface area contributed by atoms with Crippen molar-refractivity contribution >= 4 is 41.1 Å². The minimum absolute atomic E-state index is 0.00550. The lowest BCUT2D eigenvalue weighted by molar-refractivity contribution is -0.278. The summed E-state index contributed by atoms with van der Waals surface area (Å²) in [6.07, 6.45) is -5.17. The van der Waals surface area contributed by atoms with Crippen molar-refractivity contribution in [2.24, 2.45) is 5.16 Å². The number of fused-ring (bicyclic) bond motifs is 1. The van der Waals surface area contributed by atoms with E-state index in [0.29, 0.717) is 11.3 Å². The van der Waals surface area contributed by atoms with Crippen molar-refractivity contribution in [2.75, 3.05) is 18.6 Å². The molecule has 13 nitrogen and oxygen atoms in total. The normalized spacial score (nSPS) is 25.8. The van der Waals surface area contributed by atoms with Crippen LogP contribution in [0.2, 0.25) is 0 Å². The molecule has 0 bridgehead atoms. The summed E-state index contributed by atoms with van der Waals surface area (Å²) >= 11 is 0. The second-order valence-electron chi connectivity index (χ2n) is 8.65. The zero-order valence-electron chi connectivity index (χ0n) is 21.3. The minimum Gasteiger partial charge on any atom is -0.463 e. The van der Waals surface area contributed by atoms with Crippen molar-refractivity contribution in [2.45, 2.75) is 65.3 Å². The van der Waals surface area contributed by atoms with Gasteiger partial charge in [-0.15, -0.1) is 0 Å². The Bertz CT molecular complexity index is 1130. The van der Waals surface area contributed by atoms with E-state index < -0.39 is 67.0 Å². The number of hydrogen-bond donors (Lipinski definition) is 1. The highest BCUT2D eigenvalue weighted by Crippen LogP contribution is 2.31. The van der Waals surface area contributed by atoms with E-state index in [1.165, 1.54) is 18.7 Å².